The fraction of sp³-hybridized carbons (Fsp3) is 0.0435. The summed E-state index contributed by atoms with van der Waals surface area (Å²) in [7, 11) is 1.61. The van der Waals surface area contributed by atoms with Crippen LogP contribution in [0.5, 0.6) is 16.7 Å². The van der Waals surface area contributed by atoms with Crippen LogP contribution in [0.2, 0.25) is 0 Å². The molecule has 138 valence electrons. The number of hydrogen-bond donors (Lipinski definition) is 0. The van der Waals surface area contributed by atoms with Crippen LogP contribution >= 0.6 is 11.3 Å². The van der Waals surface area contributed by atoms with Crippen molar-refractivity contribution in [1.82, 2.24) is 4.98 Å². The lowest BCUT2D eigenvalue weighted by molar-refractivity contribution is 0.104. The molecule has 0 saturated heterocycles. The number of carbonyl (C=O) groups excluding carboxylic acids is 1. The highest BCUT2D eigenvalue weighted by molar-refractivity contribution is 7.20. The molecule has 0 amide bonds. The van der Waals surface area contributed by atoms with E-state index in [1.165, 1.54) is 11.3 Å². The molecule has 4 aromatic rings. The Balaban J connectivity index is 1.46. The summed E-state index contributed by atoms with van der Waals surface area (Å²) in [6.45, 7) is 0. The molecule has 3 aromatic carbocycles. The van der Waals surface area contributed by atoms with Crippen LogP contribution in [-0.4, -0.2) is 17.9 Å². The summed E-state index contributed by atoms with van der Waals surface area (Å²) in [5.41, 5.74) is 2.35. The van der Waals surface area contributed by atoms with E-state index in [9.17, 15) is 4.79 Å². The smallest absolute Gasteiger partial charge is 0.279 e. The number of rotatable bonds is 6. The SMILES string of the molecule is COc1ccccc1/C=C/C(=O)c1ccc(Oc2nc3ccccc3s2)cc1. The third kappa shape index (κ3) is 3.94. The zero-order valence-corrected chi connectivity index (χ0v) is 16.0. The van der Waals surface area contributed by atoms with Crippen molar-refractivity contribution in [3.05, 3.63) is 90.0 Å². The lowest BCUT2D eigenvalue weighted by Gasteiger charge is -2.04. The van der Waals surface area contributed by atoms with E-state index in [4.69, 9.17) is 9.47 Å². The first kappa shape index (κ1) is 17.9. The van der Waals surface area contributed by atoms with Gasteiger partial charge in [-0.25, -0.2) is 4.98 Å². The van der Waals surface area contributed by atoms with Gasteiger partial charge in [-0.05, 0) is 54.6 Å². The summed E-state index contributed by atoms with van der Waals surface area (Å²) in [6, 6.07) is 22.5. The van der Waals surface area contributed by atoms with Crippen LogP contribution in [0.4, 0.5) is 0 Å². The maximum absolute atomic E-state index is 12.4. The highest BCUT2D eigenvalue weighted by atomic mass is 32.1. The van der Waals surface area contributed by atoms with Crippen LogP contribution < -0.4 is 9.47 Å². The predicted octanol–water partition coefficient (Wildman–Crippen LogP) is 5.99. The largest absolute Gasteiger partial charge is 0.496 e. The van der Waals surface area contributed by atoms with Crippen LogP contribution in [0.1, 0.15) is 15.9 Å². The molecule has 0 saturated carbocycles. The minimum absolute atomic E-state index is 0.0857. The number of aromatic nitrogens is 1. The second-order valence-electron chi connectivity index (χ2n) is 6.01. The van der Waals surface area contributed by atoms with Gasteiger partial charge in [0.25, 0.3) is 5.19 Å². The van der Waals surface area contributed by atoms with Gasteiger partial charge in [0.2, 0.25) is 0 Å². The molecule has 0 atom stereocenters. The minimum atomic E-state index is -0.0857. The number of methoxy groups -OCH3 is 1. The van der Waals surface area contributed by atoms with E-state index in [0.717, 1.165) is 21.5 Å². The number of para-hydroxylation sites is 2. The fourth-order valence-electron chi connectivity index (χ4n) is 2.75. The molecule has 0 fully saturated rings. The van der Waals surface area contributed by atoms with Crippen LogP contribution in [0.3, 0.4) is 0 Å². The molecule has 0 unspecified atom stereocenters. The second kappa shape index (κ2) is 8.06. The molecule has 0 radical (unpaired) electrons. The number of benzene rings is 3. The Kier molecular flexibility index (Phi) is 5.17. The topological polar surface area (TPSA) is 48.4 Å². The van der Waals surface area contributed by atoms with Gasteiger partial charge >= 0.3 is 0 Å². The Labute approximate surface area is 166 Å². The van der Waals surface area contributed by atoms with Crippen molar-refractivity contribution in [3.8, 4) is 16.7 Å². The van der Waals surface area contributed by atoms with Crippen molar-refractivity contribution in [1.29, 1.82) is 0 Å². The van der Waals surface area contributed by atoms with Gasteiger partial charge in [-0.2, -0.15) is 0 Å². The average Bonchev–Trinajstić information content (AvgIpc) is 3.15. The molecular weight excluding hydrogens is 370 g/mol. The standard InChI is InChI=1S/C23H17NO3S/c1-26-21-8-4-2-6-17(21)12-15-20(25)16-10-13-18(14-11-16)27-23-24-19-7-3-5-9-22(19)28-23/h2-15H,1H3/b15-12+. The van der Waals surface area contributed by atoms with Gasteiger partial charge < -0.3 is 9.47 Å². The normalized spacial score (nSPS) is 11.0. The predicted molar refractivity (Wildman–Crippen MR) is 112 cm³/mol. The molecule has 0 N–H and O–H groups in total. The van der Waals surface area contributed by atoms with Gasteiger partial charge in [0, 0.05) is 11.1 Å². The van der Waals surface area contributed by atoms with Gasteiger partial charge in [0.15, 0.2) is 5.78 Å². The zero-order chi connectivity index (χ0) is 19.3. The van der Waals surface area contributed by atoms with Gasteiger partial charge in [0.1, 0.15) is 11.5 Å². The molecule has 5 heteroatoms. The van der Waals surface area contributed by atoms with Crippen molar-refractivity contribution in [2.45, 2.75) is 0 Å². The van der Waals surface area contributed by atoms with E-state index in [2.05, 4.69) is 4.98 Å². The van der Waals surface area contributed by atoms with E-state index in [0.29, 0.717) is 16.5 Å². The summed E-state index contributed by atoms with van der Waals surface area (Å²) in [5, 5.41) is 0.580. The summed E-state index contributed by atoms with van der Waals surface area (Å²) >= 11 is 1.49. The molecule has 0 spiro atoms. The zero-order valence-electron chi connectivity index (χ0n) is 15.2. The molecule has 0 aliphatic heterocycles. The lowest BCUT2D eigenvalue weighted by Crippen LogP contribution is -1.94. The van der Waals surface area contributed by atoms with E-state index < -0.39 is 0 Å². The Bertz CT molecular complexity index is 1110. The molecule has 0 bridgehead atoms. The maximum atomic E-state index is 12.4. The summed E-state index contributed by atoms with van der Waals surface area (Å²) in [6.07, 6.45) is 3.30. The quantitative estimate of drug-likeness (QED) is 0.301. The van der Waals surface area contributed by atoms with Crippen LogP contribution in [0.15, 0.2) is 78.9 Å². The van der Waals surface area contributed by atoms with Gasteiger partial charge in [-0.15, -0.1) is 0 Å². The first-order valence-corrected chi connectivity index (χ1v) is 9.53. The Hall–Kier alpha value is -3.44. The number of carbonyl (C=O) groups is 1. The minimum Gasteiger partial charge on any atom is -0.496 e. The number of nitrogens with zero attached hydrogens (tertiary/aromatic N) is 1. The molecule has 1 aromatic heterocycles. The molecular formula is C23H17NO3S. The number of allylic oxidation sites excluding steroid dienone is 1. The van der Waals surface area contributed by atoms with Crippen LogP contribution in [0, 0.1) is 0 Å². The molecule has 0 aliphatic rings. The van der Waals surface area contributed by atoms with Crippen molar-refractivity contribution in [2.75, 3.05) is 7.11 Å². The number of hydrogen-bond acceptors (Lipinski definition) is 5. The second-order valence-corrected chi connectivity index (χ2v) is 7.01. The Morgan fingerprint density at radius 3 is 2.50 bits per heavy atom. The lowest BCUT2D eigenvalue weighted by atomic mass is 10.1. The molecule has 28 heavy (non-hydrogen) atoms. The van der Waals surface area contributed by atoms with Crippen molar-refractivity contribution >= 4 is 33.4 Å². The summed E-state index contributed by atoms with van der Waals surface area (Å²) in [4.78, 5) is 16.9. The first-order chi connectivity index (χ1) is 13.7. The monoisotopic (exact) mass is 387 g/mol. The van der Waals surface area contributed by atoms with E-state index in [1.54, 1.807) is 43.5 Å². The highest BCUT2D eigenvalue weighted by Gasteiger charge is 2.07. The summed E-state index contributed by atoms with van der Waals surface area (Å²) in [5.74, 6) is 1.29. The van der Waals surface area contributed by atoms with Crippen LogP contribution in [0.25, 0.3) is 16.3 Å². The Morgan fingerprint density at radius 2 is 1.71 bits per heavy atom. The number of ether oxygens (including phenoxy) is 2. The fourth-order valence-corrected chi connectivity index (χ4v) is 3.58. The van der Waals surface area contributed by atoms with E-state index in [-0.39, 0.29) is 5.78 Å². The maximum Gasteiger partial charge on any atom is 0.279 e. The van der Waals surface area contributed by atoms with Gasteiger partial charge in [-0.3, -0.25) is 4.79 Å². The number of ketones is 1. The van der Waals surface area contributed by atoms with Gasteiger partial charge in [0.05, 0.1) is 17.3 Å². The van der Waals surface area contributed by atoms with E-state index >= 15 is 0 Å². The molecule has 4 nitrogen and oxygen atoms in total. The highest BCUT2D eigenvalue weighted by Crippen LogP contribution is 2.31. The molecule has 1 heterocycles. The molecule has 0 aliphatic carbocycles. The number of thiazole rings is 1. The van der Waals surface area contributed by atoms with Gasteiger partial charge in [-0.1, -0.05) is 41.7 Å². The third-order valence-electron chi connectivity index (χ3n) is 4.17. The van der Waals surface area contributed by atoms with Crippen molar-refractivity contribution in [3.63, 3.8) is 0 Å². The number of fused-ring (bicyclic) bond motifs is 1. The molecule has 4 rings (SSSR count). The third-order valence-corrected chi connectivity index (χ3v) is 5.09. The Morgan fingerprint density at radius 1 is 0.964 bits per heavy atom. The summed E-state index contributed by atoms with van der Waals surface area (Å²) < 4.78 is 12.2. The average molecular weight is 387 g/mol. The van der Waals surface area contributed by atoms with Crippen molar-refractivity contribution < 1.29 is 14.3 Å². The van der Waals surface area contributed by atoms with Crippen LogP contribution in [-0.2, 0) is 0 Å². The van der Waals surface area contributed by atoms with Crippen molar-refractivity contribution in [2.24, 2.45) is 0 Å². The first-order valence-electron chi connectivity index (χ1n) is 8.72. The van der Waals surface area contributed by atoms with E-state index in [1.807, 2.05) is 48.5 Å².